The van der Waals surface area contributed by atoms with Crippen LogP contribution in [0.1, 0.15) is 46.0 Å². The van der Waals surface area contributed by atoms with E-state index < -0.39 is 0 Å². The summed E-state index contributed by atoms with van der Waals surface area (Å²) < 4.78 is 0. The summed E-state index contributed by atoms with van der Waals surface area (Å²) in [4.78, 5) is 24.8. The van der Waals surface area contributed by atoms with Crippen LogP contribution in [0.2, 0.25) is 0 Å². The average Bonchev–Trinajstić information content (AvgIpc) is 2.51. The molecule has 1 rings (SSSR count). The third kappa shape index (κ3) is 5.64. The summed E-state index contributed by atoms with van der Waals surface area (Å²) in [5, 5.41) is 0. The van der Waals surface area contributed by atoms with E-state index in [1.165, 1.54) is 6.92 Å². The van der Waals surface area contributed by atoms with Gasteiger partial charge in [0.05, 0.1) is 0 Å². The van der Waals surface area contributed by atoms with Gasteiger partial charge in [-0.2, -0.15) is 0 Å². The molecule has 0 aromatic heterocycles. The number of hydrogen-bond acceptors (Lipinski definition) is 3. The lowest BCUT2D eigenvalue weighted by molar-refractivity contribution is -0.127. The van der Waals surface area contributed by atoms with Crippen LogP contribution in [-0.2, 0) is 9.59 Å². The van der Waals surface area contributed by atoms with Crippen molar-refractivity contribution in [2.75, 3.05) is 7.05 Å². The second kappa shape index (κ2) is 8.73. The number of hydrogen-bond donors (Lipinski definition) is 2. The van der Waals surface area contributed by atoms with Crippen LogP contribution < -0.4 is 10.9 Å². The molecule has 1 atom stereocenters. The molecule has 1 saturated carbocycles. The molecule has 0 aromatic rings. The molecule has 0 radical (unpaired) electrons. The van der Waals surface area contributed by atoms with Crippen LogP contribution in [0.25, 0.3) is 0 Å². The molecule has 22 heavy (non-hydrogen) atoms. The van der Waals surface area contributed by atoms with Gasteiger partial charge in [0, 0.05) is 31.6 Å². The highest BCUT2D eigenvalue weighted by atomic mass is 16.2. The molecule has 2 amide bonds. The van der Waals surface area contributed by atoms with Gasteiger partial charge in [-0.25, -0.2) is 5.43 Å². The Kier molecular flexibility index (Phi) is 7.32. The van der Waals surface area contributed by atoms with E-state index in [4.69, 9.17) is 0 Å². The Bertz CT molecular complexity index is 426. The number of carbonyl (C=O) groups excluding carboxylic acids is 2. The van der Waals surface area contributed by atoms with Crippen molar-refractivity contribution < 1.29 is 9.59 Å². The summed E-state index contributed by atoms with van der Waals surface area (Å²) in [6.45, 7) is 11.1. The summed E-state index contributed by atoms with van der Waals surface area (Å²) in [5.74, 6) is 0.436. The van der Waals surface area contributed by atoms with Crippen LogP contribution in [0.5, 0.6) is 0 Å². The van der Waals surface area contributed by atoms with E-state index in [-0.39, 0.29) is 17.9 Å². The Labute approximate surface area is 133 Å². The van der Waals surface area contributed by atoms with Crippen molar-refractivity contribution >= 4 is 11.8 Å². The normalized spacial score (nSPS) is 22.5. The molecule has 0 aromatic carbocycles. The topological polar surface area (TPSA) is 61.4 Å². The first-order valence-corrected chi connectivity index (χ1v) is 7.94. The number of amides is 2. The van der Waals surface area contributed by atoms with Crippen molar-refractivity contribution in [3.8, 4) is 0 Å². The first kappa shape index (κ1) is 18.4. The van der Waals surface area contributed by atoms with Crippen molar-refractivity contribution in [2.24, 2.45) is 5.92 Å². The van der Waals surface area contributed by atoms with Gasteiger partial charge in [0.2, 0.25) is 11.8 Å². The molecular formula is C17H29N3O2. The molecule has 1 aliphatic carbocycles. The minimum Gasteiger partial charge on any atom is -0.336 e. The molecule has 0 bridgehead atoms. The lowest BCUT2D eigenvalue weighted by atomic mass is 9.82. The van der Waals surface area contributed by atoms with E-state index in [1.807, 2.05) is 6.92 Å². The van der Waals surface area contributed by atoms with E-state index in [9.17, 15) is 9.59 Å². The van der Waals surface area contributed by atoms with E-state index in [1.54, 1.807) is 18.0 Å². The summed E-state index contributed by atoms with van der Waals surface area (Å²) >= 11 is 0. The lowest BCUT2D eigenvalue weighted by Gasteiger charge is -2.30. The van der Waals surface area contributed by atoms with Crippen molar-refractivity contribution in [1.29, 1.82) is 0 Å². The summed E-state index contributed by atoms with van der Waals surface area (Å²) in [5.41, 5.74) is 6.37. The van der Waals surface area contributed by atoms with Crippen LogP contribution >= 0.6 is 0 Å². The maximum absolute atomic E-state index is 12.3. The van der Waals surface area contributed by atoms with Crippen LogP contribution in [-0.4, -0.2) is 35.8 Å². The molecule has 0 spiro atoms. The van der Waals surface area contributed by atoms with Crippen LogP contribution in [0, 0.1) is 5.92 Å². The lowest BCUT2D eigenvalue weighted by Crippen LogP contribution is -2.45. The molecule has 0 aliphatic heterocycles. The molecular weight excluding hydrogens is 278 g/mol. The van der Waals surface area contributed by atoms with Crippen LogP contribution in [0.4, 0.5) is 0 Å². The van der Waals surface area contributed by atoms with Gasteiger partial charge in [-0.1, -0.05) is 12.7 Å². The standard InChI is InChI=1S/C17H29N3O2/c1-6-13(3)20(5)17(22)12(2)11-15-7-9-16(10-8-15)19-18-14(4)21/h6,13,15-16,19H,1-2,7-11H2,3-5H3,(H,18,21). The first-order valence-electron chi connectivity index (χ1n) is 7.94. The first-order chi connectivity index (χ1) is 10.3. The Morgan fingerprint density at radius 3 is 2.41 bits per heavy atom. The molecule has 5 heteroatoms. The Hall–Kier alpha value is -1.62. The highest BCUT2D eigenvalue weighted by Gasteiger charge is 2.24. The van der Waals surface area contributed by atoms with Crippen molar-refractivity contribution in [1.82, 2.24) is 15.8 Å². The molecule has 124 valence electrons. The fourth-order valence-electron chi connectivity index (χ4n) is 2.74. The molecule has 0 saturated heterocycles. The van der Waals surface area contributed by atoms with E-state index in [2.05, 4.69) is 24.0 Å². The summed E-state index contributed by atoms with van der Waals surface area (Å²) in [6, 6.07) is 0.342. The third-order valence-electron chi connectivity index (χ3n) is 4.41. The molecule has 5 nitrogen and oxygen atoms in total. The van der Waals surface area contributed by atoms with Gasteiger partial charge in [0.15, 0.2) is 0 Å². The minimum absolute atomic E-state index is 0.00546. The number of nitrogens with one attached hydrogen (secondary N) is 2. The summed E-state index contributed by atoms with van der Waals surface area (Å²) in [6.07, 6.45) is 6.61. The second-order valence-electron chi connectivity index (χ2n) is 6.24. The van der Waals surface area contributed by atoms with Gasteiger partial charge in [-0.15, -0.1) is 6.58 Å². The van der Waals surface area contributed by atoms with Gasteiger partial charge in [-0.3, -0.25) is 15.0 Å². The maximum Gasteiger partial charge on any atom is 0.249 e. The van der Waals surface area contributed by atoms with Gasteiger partial charge in [0.1, 0.15) is 0 Å². The van der Waals surface area contributed by atoms with Gasteiger partial charge in [0.25, 0.3) is 0 Å². The molecule has 0 heterocycles. The fourth-order valence-corrected chi connectivity index (χ4v) is 2.74. The number of rotatable bonds is 7. The highest BCUT2D eigenvalue weighted by Crippen LogP contribution is 2.29. The van der Waals surface area contributed by atoms with Crippen molar-refractivity contribution in [2.45, 2.75) is 58.0 Å². The van der Waals surface area contributed by atoms with E-state index in [0.29, 0.717) is 17.5 Å². The molecule has 1 aliphatic rings. The van der Waals surface area contributed by atoms with E-state index in [0.717, 1.165) is 32.1 Å². The van der Waals surface area contributed by atoms with Crippen LogP contribution in [0.15, 0.2) is 24.8 Å². The van der Waals surface area contributed by atoms with Gasteiger partial charge < -0.3 is 4.90 Å². The zero-order valence-electron chi connectivity index (χ0n) is 14.0. The fraction of sp³-hybridized carbons (Fsp3) is 0.647. The second-order valence-corrected chi connectivity index (χ2v) is 6.24. The predicted molar refractivity (Wildman–Crippen MR) is 88.9 cm³/mol. The number of nitrogens with zero attached hydrogens (tertiary/aromatic N) is 1. The largest absolute Gasteiger partial charge is 0.336 e. The number of likely N-dealkylation sites (N-methyl/N-ethyl adjacent to an activating group) is 1. The van der Waals surface area contributed by atoms with Crippen molar-refractivity contribution in [3.05, 3.63) is 24.8 Å². The quantitative estimate of drug-likeness (QED) is 0.430. The van der Waals surface area contributed by atoms with Gasteiger partial charge in [-0.05, 0) is 44.9 Å². The Morgan fingerprint density at radius 1 is 1.32 bits per heavy atom. The minimum atomic E-state index is -0.0690. The highest BCUT2D eigenvalue weighted by molar-refractivity contribution is 5.92. The van der Waals surface area contributed by atoms with Crippen molar-refractivity contribution in [3.63, 3.8) is 0 Å². The SMILES string of the molecule is C=CC(C)N(C)C(=O)C(=C)CC1CCC(NNC(C)=O)CC1. The molecule has 1 unspecified atom stereocenters. The smallest absolute Gasteiger partial charge is 0.249 e. The average molecular weight is 307 g/mol. The summed E-state index contributed by atoms with van der Waals surface area (Å²) in [7, 11) is 1.79. The van der Waals surface area contributed by atoms with Gasteiger partial charge >= 0.3 is 0 Å². The number of carbonyl (C=O) groups is 2. The van der Waals surface area contributed by atoms with Crippen LogP contribution in [0.3, 0.4) is 0 Å². The molecule has 1 fully saturated rings. The third-order valence-corrected chi connectivity index (χ3v) is 4.41. The Balaban J connectivity index is 2.37. The molecule has 2 N–H and O–H groups in total. The number of hydrazine groups is 1. The monoisotopic (exact) mass is 307 g/mol. The predicted octanol–water partition coefficient (Wildman–Crippen LogP) is 2.17. The zero-order valence-corrected chi connectivity index (χ0v) is 14.0. The zero-order chi connectivity index (χ0) is 16.7. The maximum atomic E-state index is 12.3. The Morgan fingerprint density at radius 2 is 1.91 bits per heavy atom. The van der Waals surface area contributed by atoms with E-state index >= 15 is 0 Å².